The minimum Gasteiger partial charge on any atom is -0.342 e. The van der Waals surface area contributed by atoms with E-state index in [1.807, 2.05) is 0 Å². The first-order valence-electron chi connectivity index (χ1n) is 13.2. The minimum atomic E-state index is -5.16. The molecule has 0 aliphatic carbocycles. The maximum atomic E-state index is 15.5. The van der Waals surface area contributed by atoms with Crippen molar-refractivity contribution in [3.05, 3.63) is 99.6 Å². The first-order chi connectivity index (χ1) is 20.5. The van der Waals surface area contributed by atoms with Crippen LogP contribution in [-0.2, 0) is 28.1 Å². The van der Waals surface area contributed by atoms with Gasteiger partial charge in [-0.15, -0.1) is 0 Å². The fourth-order valence-electron chi connectivity index (χ4n) is 4.95. The summed E-state index contributed by atoms with van der Waals surface area (Å²) in [5, 5.41) is 4.24. The molecule has 0 saturated heterocycles. The van der Waals surface area contributed by atoms with E-state index in [2.05, 4.69) is 10.6 Å². The average molecular weight is 644 g/mol. The lowest BCUT2D eigenvalue weighted by molar-refractivity contribution is -0.138. The van der Waals surface area contributed by atoms with Gasteiger partial charge >= 0.3 is 6.18 Å². The fraction of sp³-hybridized carbons (Fsp3) is 0.300. The van der Waals surface area contributed by atoms with E-state index in [9.17, 15) is 36.3 Å². The molecule has 0 fully saturated rings. The molecule has 0 saturated carbocycles. The molecule has 234 valence electrons. The van der Waals surface area contributed by atoms with Gasteiger partial charge in [0, 0.05) is 29.5 Å². The summed E-state index contributed by atoms with van der Waals surface area (Å²) >= 11 is 5.95. The van der Waals surface area contributed by atoms with Crippen molar-refractivity contribution in [2.24, 2.45) is 0 Å². The highest BCUT2D eigenvalue weighted by atomic mass is 35.5. The second kappa shape index (κ2) is 12.5. The summed E-state index contributed by atoms with van der Waals surface area (Å²) < 4.78 is 100.0. The molecule has 0 spiro atoms. The summed E-state index contributed by atoms with van der Waals surface area (Å²) in [6.45, 7) is 3.11. The van der Waals surface area contributed by atoms with Crippen LogP contribution in [0.25, 0.3) is 0 Å². The number of fused-ring (bicyclic) bond motifs is 1. The van der Waals surface area contributed by atoms with E-state index in [1.165, 1.54) is 30.3 Å². The van der Waals surface area contributed by atoms with Crippen molar-refractivity contribution in [3.8, 4) is 0 Å². The summed E-state index contributed by atoms with van der Waals surface area (Å²) in [6, 6.07) is 5.45. The molecule has 14 heteroatoms. The standard InChI is InChI=1S/C30H25ClF7N3O3/c1-15(2)41-25-10-7-17(31)12-21(25)29(34,35)14-24(28(41)44)40-27(43)23(11-16-5-3-4-6-22(16)33)39-26(42)19-9-8-18(32)13-20(19)30(36,37)38/h3-10,12-13,15,23-24H,11,14H2,1-2H3,(H,39,42)(H,40,43)/t23-,24?/m1/s1. The second-order valence-electron chi connectivity index (χ2n) is 10.4. The van der Waals surface area contributed by atoms with E-state index in [0.717, 1.165) is 17.0 Å². The van der Waals surface area contributed by atoms with Crippen molar-refractivity contribution in [1.82, 2.24) is 10.6 Å². The van der Waals surface area contributed by atoms with Gasteiger partial charge in [-0.3, -0.25) is 14.4 Å². The summed E-state index contributed by atoms with van der Waals surface area (Å²) in [7, 11) is 0. The number of halogens is 8. The highest BCUT2D eigenvalue weighted by Gasteiger charge is 2.47. The molecule has 3 amide bonds. The predicted molar refractivity (Wildman–Crippen MR) is 147 cm³/mol. The van der Waals surface area contributed by atoms with Crippen LogP contribution >= 0.6 is 11.6 Å². The molecule has 0 bridgehead atoms. The third-order valence-corrected chi connectivity index (χ3v) is 7.21. The Hall–Kier alpha value is -4.13. The zero-order valence-electron chi connectivity index (χ0n) is 23.1. The van der Waals surface area contributed by atoms with Gasteiger partial charge in [-0.2, -0.15) is 13.2 Å². The SMILES string of the molecule is CC(C)N1C(=O)C(NC(=O)[C@@H](Cc2ccccc2F)NC(=O)c2ccc(F)cc2C(F)(F)F)CC(F)(F)c2cc(Cl)ccc21. The number of benzene rings is 3. The molecule has 6 nitrogen and oxygen atoms in total. The Morgan fingerprint density at radius 3 is 2.36 bits per heavy atom. The van der Waals surface area contributed by atoms with Crippen molar-refractivity contribution < 1.29 is 45.1 Å². The topological polar surface area (TPSA) is 78.5 Å². The maximum Gasteiger partial charge on any atom is 0.417 e. The van der Waals surface area contributed by atoms with Crippen LogP contribution in [0.4, 0.5) is 36.4 Å². The van der Waals surface area contributed by atoms with Crippen LogP contribution in [0, 0.1) is 11.6 Å². The van der Waals surface area contributed by atoms with E-state index in [-0.39, 0.29) is 22.3 Å². The quantitative estimate of drug-likeness (QED) is 0.293. The number of carbonyl (C=O) groups excluding carboxylic acids is 3. The largest absolute Gasteiger partial charge is 0.417 e. The molecule has 44 heavy (non-hydrogen) atoms. The van der Waals surface area contributed by atoms with Gasteiger partial charge in [-0.1, -0.05) is 29.8 Å². The summed E-state index contributed by atoms with van der Waals surface area (Å²) in [5.74, 6) is -9.44. The van der Waals surface area contributed by atoms with Crippen LogP contribution in [0.2, 0.25) is 5.02 Å². The molecule has 3 aromatic carbocycles. The first-order valence-corrected chi connectivity index (χ1v) is 13.6. The van der Waals surface area contributed by atoms with Crippen molar-refractivity contribution in [1.29, 1.82) is 0 Å². The maximum absolute atomic E-state index is 15.5. The number of amides is 3. The molecular weight excluding hydrogens is 619 g/mol. The molecule has 1 aliphatic heterocycles. The van der Waals surface area contributed by atoms with Gasteiger partial charge in [0.2, 0.25) is 11.8 Å². The van der Waals surface area contributed by atoms with Gasteiger partial charge in [-0.05, 0) is 61.9 Å². The Labute approximate surface area is 252 Å². The van der Waals surface area contributed by atoms with E-state index in [0.29, 0.717) is 12.1 Å². The normalized spacial score (nSPS) is 17.1. The monoisotopic (exact) mass is 643 g/mol. The molecule has 2 N–H and O–H groups in total. The second-order valence-corrected chi connectivity index (χ2v) is 10.9. The first kappa shape index (κ1) is 32.8. The minimum absolute atomic E-state index is 0.0197. The Balaban J connectivity index is 1.70. The lowest BCUT2D eigenvalue weighted by atomic mass is 9.99. The highest BCUT2D eigenvalue weighted by Crippen LogP contribution is 2.44. The third kappa shape index (κ3) is 6.98. The van der Waals surface area contributed by atoms with Crippen LogP contribution in [0.3, 0.4) is 0 Å². The lowest BCUT2D eigenvalue weighted by Gasteiger charge is -2.30. The van der Waals surface area contributed by atoms with Crippen LogP contribution in [0.1, 0.15) is 47.3 Å². The van der Waals surface area contributed by atoms with E-state index < -0.39 is 89.1 Å². The smallest absolute Gasteiger partial charge is 0.342 e. The number of hydrogen-bond donors (Lipinski definition) is 2. The van der Waals surface area contributed by atoms with E-state index in [4.69, 9.17) is 11.6 Å². The zero-order chi connectivity index (χ0) is 32.6. The number of rotatable bonds is 7. The summed E-state index contributed by atoms with van der Waals surface area (Å²) in [4.78, 5) is 41.2. The summed E-state index contributed by atoms with van der Waals surface area (Å²) in [5.41, 5.74) is -3.52. The van der Waals surface area contributed by atoms with Crippen LogP contribution < -0.4 is 15.5 Å². The molecule has 0 aromatic heterocycles. The fourth-order valence-corrected chi connectivity index (χ4v) is 5.12. The number of hydrogen-bond acceptors (Lipinski definition) is 3. The van der Waals surface area contributed by atoms with Gasteiger partial charge < -0.3 is 15.5 Å². The van der Waals surface area contributed by atoms with Crippen molar-refractivity contribution in [2.75, 3.05) is 4.90 Å². The number of anilines is 1. The third-order valence-electron chi connectivity index (χ3n) is 6.98. The van der Waals surface area contributed by atoms with Crippen molar-refractivity contribution in [3.63, 3.8) is 0 Å². The van der Waals surface area contributed by atoms with Crippen LogP contribution in [-0.4, -0.2) is 35.8 Å². The van der Waals surface area contributed by atoms with Gasteiger partial charge in [0.1, 0.15) is 23.7 Å². The highest BCUT2D eigenvalue weighted by molar-refractivity contribution is 6.30. The number of nitrogens with one attached hydrogen (secondary N) is 2. The van der Waals surface area contributed by atoms with Crippen molar-refractivity contribution >= 4 is 35.0 Å². The molecule has 2 atom stereocenters. The van der Waals surface area contributed by atoms with Gasteiger partial charge in [0.15, 0.2) is 0 Å². The van der Waals surface area contributed by atoms with Crippen LogP contribution in [0.5, 0.6) is 0 Å². The van der Waals surface area contributed by atoms with Gasteiger partial charge in [0.05, 0.1) is 16.8 Å². The molecule has 1 aliphatic rings. The zero-order valence-corrected chi connectivity index (χ0v) is 23.9. The molecule has 0 radical (unpaired) electrons. The van der Waals surface area contributed by atoms with E-state index in [1.54, 1.807) is 13.8 Å². The Kier molecular flexibility index (Phi) is 9.29. The Morgan fingerprint density at radius 2 is 1.73 bits per heavy atom. The molecule has 4 rings (SSSR count). The lowest BCUT2D eigenvalue weighted by Crippen LogP contribution is -2.56. The molecule has 3 aromatic rings. The number of alkyl halides is 5. The van der Waals surface area contributed by atoms with E-state index >= 15 is 8.78 Å². The molecular formula is C30H25ClF7N3O3. The Morgan fingerprint density at radius 1 is 1.05 bits per heavy atom. The van der Waals surface area contributed by atoms with Gasteiger partial charge in [-0.25, -0.2) is 17.6 Å². The Bertz CT molecular complexity index is 1600. The van der Waals surface area contributed by atoms with Crippen LogP contribution in [0.15, 0.2) is 60.7 Å². The molecule has 1 unspecified atom stereocenters. The average Bonchev–Trinajstić information content (AvgIpc) is 3.00. The number of nitrogens with zero attached hydrogens (tertiary/aromatic N) is 1. The van der Waals surface area contributed by atoms with Gasteiger partial charge in [0.25, 0.3) is 11.8 Å². The summed E-state index contributed by atoms with van der Waals surface area (Å²) in [6.07, 6.45) is -7.01. The molecule has 1 heterocycles. The number of carbonyl (C=O) groups is 3. The predicted octanol–water partition coefficient (Wildman–Crippen LogP) is 6.40. The van der Waals surface area contributed by atoms with Crippen molar-refractivity contribution in [2.45, 2.75) is 56.9 Å².